The number of Topliss-reactive ketones (excluding diaryl/α,β-unsaturated/α-hetero) is 1. The standard InChI is InChI=1S/C28H37NO5S/c30-25-13-11-23-22(25)7-5-8-27(23)35-20-24-21(10-12-26(24)31)6-3-1-2-4-9-28(32)34-19-16-29-14-17-33-18-15-29/h5,7-8,10,12,21,24H,1-4,6,9,11,13-20H2/t21-,24+/m0/s1. The van der Waals surface area contributed by atoms with Gasteiger partial charge in [-0.3, -0.25) is 19.3 Å². The van der Waals surface area contributed by atoms with Crippen LogP contribution in [-0.4, -0.2) is 67.6 Å². The second-order valence-corrected chi connectivity index (χ2v) is 10.7. The topological polar surface area (TPSA) is 72.9 Å². The number of esters is 1. The van der Waals surface area contributed by atoms with Crippen LogP contribution in [0.2, 0.25) is 0 Å². The molecule has 0 spiro atoms. The molecule has 0 aromatic heterocycles. The average Bonchev–Trinajstić information content (AvgIpc) is 3.43. The Balaban J connectivity index is 1.09. The fourth-order valence-corrected chi connectivity index (χ4v) is 6.48. The molecule has 6 nitrogen and oxygen atoms in total. The summed E-state index contributed by atoms with van der Waals surface area (Å²) < 4.78 is 10.7. The summed E-state index contributed by atoms with van der Waals surface area (Å²) in [7, 11) is 0. The number of nitrogens with zero attached hydrogens (tertiary/aromatic N) is 1. The molecule has 1 saturated heterocycles. The van der Waals surface area contributed by atoms with E-state index in [4.69, 9.17) is 9.47 Å². The van der Waals surface area contributed by atoms with Gasteiger partial charge in [0, 0.05) is 54.6 Å². The van der Waals surface area contributed by atoms with Crippen molar-refractivity contribution in [2.75, 3.05) is 45.2 Å². The van der Waals surface area contributed by atoms with Crippen LogP contribution in [-0.2, 0) is 25.5 Å². The molecule has 0 N–H and O–H groups in total. The van der Waals surface area contributed by atoms with Crippen molar-refractivity contribution in [2.24, 2.45) is 11.8 Å². The maximum atomic E-state index is 12.5. The summed E-state index contributed by atoms with van der Waals surface area (Å²) in [6.07, 6.45) is 10.7. The number of thioether (sulfide) groups is 1. The number of ether oxygens (including phenoxy) is 2. The summed E-state index contributed by atoms with van der Waals surface area (Å²) in [5, 5.41) is 0. The Kier molecular flexibility index (Phi) is 9.98. The Morgan fingerprint density at radius 1 is 1.09 bits per heavy atom. The van der Waals surface area contributed by atoms with E-state index in [2.05, 4.69) is 17.0 Å². The van der Waals surface area contributed by atoms with Crippen molar-refractivity contribution in [3.8, 4) is 0 Å². The first-order valence-corrected chi connectivity index (χ1v) is 14.1. The SMILES string of the molecule is O=C(CCCCCC[C@H]1C=CC(=O)[C@@H]1CSc1cccc2c1CCC2=O)OCCN1CCOCC1. The van der Waals surface area contributed by atoms with Crippen LogP contribution in [0.25, 0.3) is 0 Å². The van der Waals surface area contributed by atoms with Crippen LogP contribution in [0.4, 0.5) is 0 Å². The van der Waals surface area contributed by atoms with Crippen LogP contribution < -0.4 is 0 Å². The third kappa shape index (κ3) is 7.51. The van der Waals surface area contributed by atoms with E-state index in [1.807, 2.05) is 12.1 Å². The predicted molar refractivity (Wildman–Crippen MR) is 137 cm³/mol. The molecule has 0 saturated carbocycles. The number of fused-ring (bicyclic) bond motifs is 1. The zero-order valence-corrected chi connectivity index (χ0v) is 21.4. The summed E-state index contributed by atoms with van der Waals surface area (Å²) in [5.41, 5.74) is 2.03. The van der Waals surface area contributed by atoms with Crippen molar-refractivity contribution in [3.63, 3.8) is 0 Å². The van der Waals surface area contributed by atoms with Gasteiger partial charge in [0.2, 0.25) is 0 Å². The highest BCUT2D eigenvalue weighted by Crippen LogP contribution is 2.36. The third-order valence-corrected chi connectivity index (χ3v) is 8.51. The molecule has 1 aromatic carbocycles. The molecule has 1 aromatic rings. The van der Waals surface area contributed by atoms with Gasteiger partial charge in [-0.05, 0) is 42.9 Å². The van der Waals surface area contributed by atoms with Crippen molar-refractivity contribution in [3.05, 3.63) is 41.5 Å². The van der Waals surface area contributed by atoms with E-state index in [-0.39, 0.29) is 23.5 Å². The molecule has 2 aliphatic carbocycles. The minimum absolute atomic E-state index is 0.0226. The number of rotatable bonds is 13. The summed E-state index contributed by atoms with van der Waals surface area (Å²) in [6, 6.07) is 5.96. The van der Waals surface area contributed by atoms with Gasteiger partial charge in [0.25, 0.3) is 0 Å². The number of unbranched alkanes of at least 4 members (excludes halogenated alkanes) is 3. The van der Waals surface area contributed by atoms with Gasteiger partial charge in [-0.15, -0.1) is 11.8 Å². The van der Waals surface area contributed by atoms with Gasteiger partial charge in [-0.1, -0.05) is 37.5 Å². The van der Waals surface area contributed by atoms with E-state index in [1.54, 1.807) is 17.8 Å². The maximum absolute atomic E-state index is 12.5. The Hall–Kier alpha value is -1.96. The van der Waals surface area contributed by atoms with E-state index in [0.717, 1.165) is 93.1 Å². The highest BCUT2D eigenvalue weighted by molar-refractivity contribution is 7.99. The van der Waals surface area contributed by atoms with Crippen molar-refractivity contribution >= 4 is 29.3 Å². The molecule has 1 fully saturated rings. The fourth-order valence-electron chi connectivity index (χ4n) is 5.15. The molecule has 0 radical (unpaired) electrons. The first kappa shape index (κ1) is 26.1. The van der Waals surface area contributed by atoms with Crippen LogP contribution in [0.3, 0.4) is 0 Å². The van der Waals surface area contributed by atoms with Gasteiger partial charge in [-0.25, -0.2) is 0 Å². The minimum Gasteiger partial charge on any atom is -0.464 e. The number of ketones is 2. The Morgan fingerprint density at radius 3 is 2.77 bits per heavy atom. The zero-order chi connectivity index (χ0) is 24.5. The van der Waals surface area contributed by atoms with E-state index < -0.39 is 0 Å². The molecule has 1 aliphatic heterocycles. The lowest BCUT2D eigenvalue weighted by Gasteiger charge is -2.26. The largest absolute Gasteiger partial charge is 0.464 e. The lowest BCUT2D eigenvalue weighted by atomic mass is 9.91. The number of benzene rings is 1. The maximum Gasteiger partial charge on any atom is 0.305 e. The van der Waals surface area contributed by atoms with Gasteiger partial charge >= 0.3 is 5.97 Å². The van der Waals surface area contributed by atoms with E-state index >= 15 is 0 Å². The van der Waals surface area contributed by atoms with E-state index in [1.165, 1.54) is 0 Å². The number of hydrogen-bond acceptors (Lipinski definition) is 7. The van der Waals surface area contributed by atoms with E-state index in [0.29, 0.717) is 25.4 Å². The molecule has 3 aliphatic rings. The minimum atomic E-state index is -0.103. The Morgan fingerprint density at radius 2 is 1.91 bits per heavy atom. The zero-order valence-electron chi connectivity index (χ0n) is 20.5. The summed E-state index contributed by atoms with van der Waals surface area (Å²) in [6.45, 7) is 4.59. The van der Waals surface area contributed by atoms with Crippen molar-refractivity contribution in [1.29, 1.82) is 0 Å². The molecule has 35 heavy (non-hydrogen) atoms. The van der Waals surface area contributed by atoms with Crippen molar-refractivity contribution < 1.29 is 23.9 Å². The van der Waals surface area contributed by atoms with Gasteiger partial charge in [0.15, 0.2) is 11.6 Å². The smallest absolute Gasteiger partial charge is 0.305 e. The second-order valence-electron chi connectivity index (χ2n) is 9.68. The molecular formula is C28H37NO5S. The molecule has 0 unspecified atom stereocenters. The van der Waals surface area contributed by atoms with Crippen LogP contribution in [0.5, 0.6) is 0 Å². The summed E-state index contributed by atoms with van der Waals surface area (Å²) in [5.74, 6) is 1.44. The first-order valence-electron chi connectivity index (χ1n) is 13.1. The highest BCUT2D eigenvalue weighted by atomic mass is 32.2. The number of morpholine rings is 1. The van der Waals surface area contributed by atoms with Crippen LogP contribution in [0.1, 0.15) is 60.9 Å². The lowest BCUT2D eigenvalue weighted by molar-refractivity contribution is -0.144. The lowest BCUT2D eigenvalue weighted by Crippen LogP contribution is -2.38. The molecule has 1 heterocycles. The van der Waals surface area contributed by atoms with Gasteiger partial charge in [0.05, 0.1) is 13.2 Å². The molecule has 0 bridgehead atoms. The van der Waals surface area contributed by atoms with Gasteiger partial charge in [-0.2, -0.15) is 0 Å². The normalized spacial score (nSPS) is 22.1. The Bertz CT molecular complexity index is 924. The first-order chi connectivity index (χ1) is 17.1. The fraction of sp³-hybridized carbons (Fsp3) is 0.607. The molecule has 190 valence electrons. The summed E-state index contributed by atoms with van der Waals surface area (Å²) in [4.78, 5) is 39.9. The quantitative estimate of drug-likeness (QED) is 0.225. The van der Waals surface area contributed by atoms with Crippen LogP contribution in [0, 0.1) is 11.8 Å². The average molecular weight is 500 g/mol. The predicted octanol–water partition coefficient (Wildman–Crippen LogP) is 4.49. The Labute approximate surface area is 212 Å². The summed E-state index contributed by atoms with van der Waals surface area (Å²) >= 11 is 1.72. The number of hydrogen-bond donors (Lipinski definition) is 0. The molecule has 2 atom stereocenters. The second kappa shape index (κ2) is 13.4. The monoisotopic (exact) mass is 499 g/mol. The van der Waals surface area contributed by atoms with Crippen molar-refractivity contribution in [1.82, 2.24) is 4.90 Å². The van der Waals surface area contributed by atoms with Crippen LogP contribution >= 0.6 is 11.8 Å². The highest BCUT2D eigenvalue weighted by Gasteiger charge is 2.30. The van der Waals surface area contributed by atoms with Gasteiger partial charge in [0.1, 0.15) is 6.61 Å². The van der Waals surface area contributed by atoms with Crippen LogP contribution in [0.15, 0.2) is 35.2 Å². The van der Waals surface area contributed by atoms with Crippen molar-refractivity contribution in [2.45, 2.75) is 56.3 Å². The number of allylic oxidation sites excluding steroid dienone is 2. The van der Waals surface area contributed by atoms with Gasteiger partial charge < -0.3 is 9.47 Å². The number of carbonyl (C=O) groups is 3. The molecule has 4 rings (SSSR count). The number of carbonyl (C=O) groups excluding carboxylic acids is 3. The van der Waals surface area contributed by atoms with E-state index in [9.17, 15) is 14.4 Å². The molecular weight excluding hydrogens is 462 g/mol. The molecule has 0 amide bonds. The third-order valence-electron chi connectivity index (χ3n) is 7.29. The molecule has 7 heteroatoms.